The second kappa shape index (κ2) is 14.3. The standard InChI is InChI=1S/C52H34N4/c1-2-12-41-32-43(30-25-35(41)10-1)37-23-21-36(22-24-37)42-14-7-16-45(33-42)51-54-50(40-28-26-39(27-29-40)49-20-5-6-31-53-49)55-52(56-51)46-17-8-15-44(34-46)48-19-9-13-38-11-3-4-18-47(38)48/h1-34H. The van der Waals surface area contributed by atoms with E-state index in [-0.39, 0.29) is 0 Å². The van der Waals surface area contributed by atoms with Crippen LogP contribution in [0.3, 0.4) is 0 Å². The van der Waals surface area contributed by atoms with Crippen LogP contribution in [0.5, 0.6) is 0 Å². The third-order valence-electron chi connectivity index (χ3n) is 10.4. The molecule has 0 aliphatic carbocycles. The molecule has 262 valence electrons. The van der Waals surface area contributed by atoms with Gasteiger partial charge in [0.2, 0.25) is 0 Å². The monoisotopic (exact) mass is 714 g/mol. The highest BCUT2D eigenvalue weighted by Gasteiger charge is 2.15. The molecular weight excluding hydrogens is 681 g/mol. The number of pyridine rings is 1. The van der Waals surface area contributed by atoms with E-state index in [0.717, 1.165) is 44.6 Å². The Morgan fingerprint density at radius 2 is 0.768 bits per heavy atom. The maximum atomic E-state index is 5.14. The first-order valence-corrected chi connectivity index (χ1v) is 18.8. The first kappa shape index (κ1) is 33.0. The number of fused-ring (bicyclic) bond motifs is 2. The second-order valence-electron chi connectivity index (χ2n) is 13.9. The molecule has 4 nitrogen and oxygen atoms in total. The van der Waals surface area contributed by atoms with Crippen LogP contribution in [0.1, 0.15) is 0 Å². The van der Waals surface area contributed by atoms with Crippen LogP contribution in [0.2, 0.25) is 0 Å². The molecule has 0 radical (unpaired) electrons. The number of benzene rings is 8. The average Bonchev–Trinajstić information content (AvgIpc) is 3.29. The Balaban J connectivity index is 1.04. The van der Waals surface area contributed by atoms with Crippen molar-refractivity contribution in [3.05, 3.63) is 206 Å². The summed E-state index contributed by atoms with van der Waals surface area (Å²) in [6.45, 7) is 0. The summed E-state index contributed by atoms with van der Waals surface area (Å²) >= 11 is 0. The van der Waals surface area contributed by atoms with E-state index in [2.05, 4.69) is 187 Å². The summed E-state index contributed by atoms with van der Waals surface area (Å²) in [5.41, 5.74) is 11.6. The topological polar surface area (TPSA) is 51.6 Å². The molecule has 10 rings (SSSR count). The smallest absolute Gasteiger partial charge is 0.164 e. The molecule has 0 saturated carbocycles. The lowest BCUT2D eigenvalue weighted by Gasteiger charge is -2.12. The summed E-state index contributed by atoms with van der Waals surface area (Å²) in [5, 5.41) is 4.90. The normalized spacial score (nSPS) is 11.2. The summed E-state index contributed by atoms with van der Waals surface area (Å²) in [5.74, 6) is 1.84. The molecule has 56 heavy (non-hydrogen) atoms. The highest BCUT2D eigenvalue weighted by Crippen LogP contribution is 2.34. The van der Waals surface area contributed by atoms with Crippen molar-refractivity contribution in [1.29, 1.82) is 0 Å². The van der Waals surface area contributed by atoms with Crippen LogP contribution in [0.25, 0.3) is 100 Å². The number of nitrogens with zero attached hydrogens (tertiary/aromatic N) is 4. The Morgan fingerprint density at radius 3 is 1.48 bits per heavy atom. The molecule has 0 aliphatic heterocycles. The number of rotatable bonds is 7. The van der Waals surface area contributed by atoms with Crippen molar-refractivity contribution in [3.8, 4) is 78.8 Å². The minimum Gasteiger partial charge on any atom is -0.256 e. The third-order valence-corrected chi connectivity index (χ3v) is 10.4. The van der Waals surface area contributed by atoms with Crippen molar-refractivity contribution in [2.45, 2.75) is 0 Å². The van der Waals surface area contributed by atoms with Crippen LogP contribution in [0.15, 0.2) is 206 Å². The molecule has 0 unspecified atom stereocenters. The minimum atomic E-state index is 0.610. The lowest BCUT2D eigenvalue weighted by atomic mass is 9.97. The first-order chi connectivity index (χ1) is 27.7. The Morgan fingerprint density at radius 1 is 0.268 bits per heavy atom. The van der Waals surface area contributed by atoms with Crippen molar-refractivity contribution in [1.82, 2.24) is 19.9 Å². The van der Waals surface area contributed by atoms with Gasteiger partial charge in [0.05, 0.1) is 5.69 Å². The fourth-order valence-electron chi connectivity index (χ4n) is 7.45. The van der Waals surface area contributed by atoms with Crippen LogP contribution in [0.4, 0.5) is 0 Å². The van der Waals surface area contributed by atoms with Gasteiger partial charge < -0.3 is 0 Å². The molecular formula is C52H34N4. The van der Waals surface area contributed by atoms with E-state index in [1.165, 1.54) is 38.2 Å². The zero-order valence-electron chi connectivity index (χ0n) is 30.4. The van der Waals surface area contributed by atoms with Crippen molar-refractivity contribution in [3.63, 3.8) is 0 Å². The molecule has 2 heterocycles. The van der Waals surface area contributed by atoms with Crippen molar-refractivity contribution in [2.75, 3.05) is 0 Å². The molecule has 0 spiro atoms. The molecule has 8 aromatic carbocycles. The molecule has 2 aromatic heterocycles. The van der Waals surface area contributed by atoms with Gasteiger partial charge >= 0.3 is 0 Å². The molecule has 0 bridgehead atoms. The predicted molar refractivity (Wildman–Crippen MR) is 231 cm³/mol. The summed E-state index contributed by atoms with van der Waals surface area (Å²) in [7, 11) is 0. The van der Waals surface area contributed by atoms with E-state index in [1.54, 1.807) is 0 Å². The fourth-order valence-corrected chi connectivity index (χ4v) is 7.45. The van der Waals surface area contributed by atoms with Crippen molar-refractivity contribution in [2.24, 2.45) is 0 Å². The lowest BCUT2D eigenvalue weighted by Crippen LogP contribution is -2.00. The Hall–Kier alpha value is -7.56. The summed E-state index contributed by atoms with van der Waals surface area (Å²) < 4.78 is 0. The van der Waals surface area contributed by atoms with Gasteiger partial charge in [-0.05, 0) is 85.3 Å². The quantitative estimate of drug-likeness (QED) is 0.165. The van der Waals surface area contributed by atoms with Gasteiger partial charge in [0.1, 0.15) is 0 Å². The van der Waals surface area contributed by atoms with E-state index in [0.29, 0.717) is 17.5 Å². The van der Waals surface area contributed by atoms with E-state index >= 15 is 0 Å². The van der Waals surface area contributed by atoms with Gasteiger partial charge in [-0.25, -0.2) is 15.0 Å². The van der Waals surface area contributed by atoms with Gasteiger partial charge in [-0.2, -0.15) is 0 Å². The molecule has 0 amide bonds. The lowest BCUT2D eigenvalue weighted by molar-refractivity contribution is 1.07. The molecule has 0 fully saturated rings. The van der Waals surface area contributed by atoms with E-state index < -0.39 is 0 Å². The second-order valence-corrected chi connectivity index (χ2v) is 13.9. The first-order valence-electron chi connectivity index (χ1n) is 18.8. The van der Waals surface area contributed by atoms with Crippen LogP contribution in [0, 0.1) is 0 Å². The molecule has 0 atom stereocenters. The average molecular weight is 715 g/mol. The van der Waals surface area contributed by atoms with Gasteiger partial charge in [-0.1, -0.05) is 170 Å². The summed E-state index contributed by atoms with van der Waals surface area (Å²) in [4.78, 5) is 19.9. The molecule has 10 aromatic rings. The van der Waals surface area contributed by atoms with E-state index in [9.17, 15) is 0 Å². The maximum absolute atomic E-state index is 5.14. The van der Waals surface area contributed by atoms with Crippen LogP contribution < -0.4 is 0 Å². The number of aromatic nitrogens is 4. The van der Waals surface area contributed by atoms with Crippen LogP contribution in [-0.2, 0) is 0 Å². The van der Waals surface area contributed by atoms with E-state index in [4.69, 9.17) is 15.0 Å². The highest BCUT2D eigenvalue weighted by molar-refractivity contribution is 5.97. The Labute approximate surface area is 325 Å². The van der Waals surface area contributed by atoms with Crippen LogP contribution >= 0.6 is 0 Å². The fraction of sp³-hybridized carbons (Fsp3) is 0. The SMILES string of the molecule is c1ccc(-c2ccc(-c3nc(-c4cccc(-c5ccc(-c6ccc7ccccc7c6)cc5)c4)nc(-c4cccc(-c5cccc6ccccc56)c4)n3)cc2)nc1. The Bertz CT molecular complexity index is 3000. The van der Waals surface area contributed by atoms with Gasteiger partial charge in [-0.3, -0.25) is 4.98 Å². The van der Waals surface area contributed by atoms with Gasteiger partial charge in [0.15, 0.2) is 17.5 Å². The number of hydrogen-bond acceptors (Lipinski definition) is 4. The van der Waals surface area contributed by atoms with Crippen molar-refractivity contribution < 1.29 is 0 Å². The summed E-state index contributed by atoms with van der Waals surface area (Å²) in [6, 6.07) is 70.0. The highest BCUT2D eigenvalue weighted by atomic mass is 15.0. The van der Waals surface area contributed by atoms with Crippen LogP contribution in [-0.4, -0.2) is 19.9 Å². The molecule has 0 saturated heterocycles. The maximum Gasteiger partial charge on any atom is 0.164 e. The van der Waals surface area contributed by atoms with Crippen molar-refractivity contribution >= 4 is 21.5 Å². The number of hydrogen-bond donors (Lipinski definition) is 0. The summed E-state index contributed by atoms with van der Waals surface area (Å²) in [6.07, 6.45) is 1.81. The largest absolute Gasteiger partial charge is 0.256 e. The molecule has 0 aliphatic rings. The van der Waals surface area contributed by atoms with Gasteiger partial charge in [0, 0.05) is 28.5 Å². The van der Waals surface area contributed by atoms with E-state index in [1.807, 2.05) is 24.4 Å². The zero-order valence-corrected chi connectivity index (χ0v) is 30.4. The third kappa shape index (κ3) is 6.50. The predicted octanol–water partition coefficient (Wildman–Crippen LogP) is 13.2. The zero-order chi connectivity index (χ0) is 37.3. The van der Waals surface area contributed by atoms with Gasteiger partial charge in [-0.15, -0.1) is 0 Å². The Kier molecular flexibility index (Phi) is 8.47. The molecule has 0 N–H and O–H groups in total. The molecule has 4 heteroatoms. The minimum absolute atomic E-state index is 0.610. The van der Waals surface area contributed by atoms with Gasteiger partial charge in [0.25, 0.3) is 0 Å².